The van der Waals surface area contributed by atoms with Gasteiger partial charge in [0.15, 0.2) is 0 Å². The average molecular weight is 210 g/mol. The van der Waals surface area contributed by atoms with E-state index in [1.807, 2.05) is 11.8 Å². The van der Waals surface area contributed by atoms with Crippen LogP contribution < -0.4 is 5.32 Å². The minimum atomic E-state index is -0.233. The molecule has 1 atom stereocenters. The molecule has 1 saturated heterocycles. The highest BCUT2D eigenvalue weighted by Gasteiger charge is 2.41. The molecule has 1 saturated carbocycles. The number of rotatable bonds is 2. The molecule has 2 fully saturated rings. The van der Waals surface area contributed by atoms with Gasteiger partial charge >= 0.3 is 0 Å². The molecule has 0 bridgehead atoms. The van der Waals surface area contributed by atoms with Crippen molar-refractivity contribution in [1.29, 1.82) is 0 Å². The monoisotopic (exact) mass is 210 g/mol. The quantitative estimate of drug-likeness (QED) is 0.722. The van der Waals surface area contributed by atoms with Gasteiger partial charge in [0.25, 0.3) is 0 Å². The molecule has 0 aromatic carbocycles. The third kappa shape index (κ3) is 1.73. The van der Waals surface area contributed by atoms with Crippen LogP contribution in [0, 0.1) is 5.92 Å². The Balaban J connectivity index is 2.10. The zero-order chi connectivity index (χ0) is 11.0. The number of nitrogens with zero attached hydrogens (tertiary/aromatic N) is 1. The molecule has 1 N–H and O–H groups in total. The number of hydrogen-bond acceptors (Lipinski definition) is 2. The maximum atomic E-state index is 11.8. The maximum Gasteiger partial charge on any atom is 0.243 e. The Hall–Kier alpha value is -1.06. The SMILES string of the molecule is CCC1C(=O)NCC(=O)N1C1CC(C)C1. The summed E-state index contributed by atoms with van der Waals surface area (Å²) in [5.41, 5.74) is 0. The molecule has 1 aliphatic heterocycles. The third-order valence-corrected chi connectivity index (χ3v) is 3.47. The third-order valence-electron chi connectivity index (χ3n) is 3.47. The minimum absolute atomic E-state index is 0.0108. The average Bonchev–Trinajstić information content (AvgIpc) is 2.17. The summed E-state index contributed by atoms with van der Waals surface area (Å²) in [5, 5.41) is 2.65. The lowest BCUT2D eigenvalue weighted by atomic mass is 9.79. The van der Waals surface area contributed by atoms with Crippen molar-refractivity contribution >= 4 is 11.8 Å². The number of carbonyl (C=O) groups is 2. The van der Waals surface area contributed by atoms with Gasteiger partial charge in [-0.15, -0.1) is 0 Å². The van der Waals surface area contributed by atoms with Gasteiger partial charge in [0.05, 0.1) is 6.54 Å². The van der Waals surface area contributed by atoms with E-state index >= 15 is 0 Å². The zero-order valence-electron chi connectivity index (χ0n) is 9.32. The second kappa shape index (κ2) is 3.83. The van der Waals surface area contributed by atoms with Crippen molar-refractivity contribution in [3.8, 4) is 0 Å². The fourth-order valence-electron chi connectivity index (χ4n) is 2.60. The first-order valence-electron chi connectivity index (χ1n) is 5.72. The van der Waals surface area contributed by atoms with E-state index in [0.29, 0.717) is 18.4 Å². The van der Waals surface area contributed by atoms with Crippen LogP contribution in [0.4, 0.5) is 0 Å². The molecule has 1 heterocycles. The van der Waals surface area contributed by atoms with Crippen molar-refractivity contribution in [1.82, 2.24) is 10.2 Å². The Morgan fingerprint density at radius 1 is 1.40 bits per heavy atom. The molecular weight excluding hydrogens is 192 g/mol. The first-order chi connectivity index (χ1) is 7.13. The Labute approximate surface area is 90.0 Å². The second-order valence-electron chi connectivity index (χ2n) is 4.67. The Morgan fingerprint density at radius 3 is 2.60 bits per heavy atom. The van der Waals surface area contributed by atoms with Crippen molar-refractivity contribution in [3.63, 3.8) is 0 Å². The summed E-state index contributed by atoms with van der Waals surface area (Å²) in [6, 6.07) is 0.0762. The predicted molar refractivity (Wildman–Crippen MR) is 56.1 cm³/mol. The molecular formula is C11H18N2O2. The summed E-state index contributed by atoms with van der Waals surface area (Å²) >= 11 is 0. The van der Waals surface area contributed by atoms with Crippen LogP contribution in [0.15, 0.2) is 0 Å². The lowest BCUT2D eigenvalue weighted by Crippen LogP contribution is -2.63. The zero-order valence-corrected chi connectivity index (χ0v) is 9.32. The molecule has 2 rings (SSSR count). The van der Waals surface area contributed by atoms with E-state index < -0.39 is 0 Å². The van der Waals surface area contributed by atoms with E-state index in [-0.39, 0.29) is 24.4 Å². The molecule has 4 nitrogen and oxygen atoms in total. The molecule has 2 aliphatic rings. The first kappa shape index (κ1) is 10.5. The van der Waals surface area contributed by atoms with Crippen LogP contribution in [-0.4, -0.2) is 35.3 Å². The van der Waals surface area contributed by atoms with Gasteiger partial charge < -0.3 is 10.2 Å². The number of nitrogens with one attached hydrogen (secondary N) is 1. The largest absolute Gasteiger partial charge is 0.345 e. The predicted octanol–water partition coefficient (Wildman–Crippen LogP) is 0.522. The lowest BCUT2D eigenvalue weighted by Gasteiger charge is -2.46. The Bertz CT molecular complexity index is 284. The molecule has 0 aromatic rings. The standard InChI is InChI=1S/C11H18N2O2/c1-3-9-11(15)12-6-10(14)13(9)8-4-7(2)5-8/h7-9H,3-6H2,1-2H3,(H,12,15). The Morgan fingerprint density at radius 2 is 2.07 bits per heavy atom. The van der Waals surface area contributed by atoms with Crippen molar-refractivity contribution < 1.29 is 9.59 Å². The van der Waals surface area contributed by atoms with E-state index in [2.05, 4.69) is 12.2 Å². The molecule has 1 unspecified atom stereocenters. The van der Waals surface area contributed by atoms with Crippen molar-refractivity contribution in [2.75, 3.05) is 6.54 Å². The first-order valence-corrected chi connectivity index (χ1v) is 5.72. The van der Waals surface area contributed by atoms with Gasteiger partial charge in [-0.3, -0.25) is 9.59 Å². The van der Waals surface area contributed by atoms with Gasteiger partial charge in [-0.25, -0.2) is 0 Å². The summed E-state index contributed by atoms with van der Waals surface area (Å²) < 4.78 is 0. The normalized spacial score (nSPS) is 36.1. The molecule has 0 radical (unpaired) electrons. The van der Waals surface area contributed by atoms with Gasteiger partial charge in [-0.1, -0.05) is 13.8 Å². The molecule has 2 amide bonds. The van der Waals surface area contributed by atoms with Crippen molar-refractivity contribution in [2.45, 2.75) is 45.2 Å². The molecule has 84 valence electrons. The van der Waals surface area contributed by atoms with Crippen LogP contribution in [0.5, 0.6) is 0 Å². The number of amides is 2. The summed E-state index contributed by atoms with van der Waals surface area (Å²) in [5.74, 6) is 0.792. The molecule has 4 heteroatoms. The molecule has 0 spiro atoms. The lowest BCUT2D eigenvalue weighted by molar-refractivity contribution is -0.151. The fraction of sp³-hybridized carbons (Fsp3) is 0.818. The van der Waals surface area contributed by atoms with Crippen molar-refractivity contribution in [2.24, 2.45) is 5.92 Å². The summed E-state index contributed by atoms with van der Waals surface area (Å²) in [4.78, 5) is 25.2. The summed E-state index contributed by atoms with van der Waals surface area (Å²) in [6.45, 7) is 4.32. The van der Waals surface area contributed by atoms with Gasteiger partial charge in [-0.05, 0) is 25.2 Å². The van der Waals surface area contributed by atoms with E-state index in [0.717, 1.165) is 12.8 Å². The van der Waals surface area contributed by atoms with Crippen LogP contribution in [-0.2, 0) is 9.59 Å². The van der Waals surface area contributed by atoms with Gasteiger partial charge in [0, 0.05) is 6.04 Å². The topological polar surface area (TPSA) is 49.4 Å². The Kier molecular flexibility index (Phi) is 2.67. The van der Waals surface area contributed by atoms with E-state index in [9.17, 15) is 9.59 Å². The van der Waals surface area contributed by atoms with Crippen LogP contribution >= 0.6 is 0 Å². The van der Waals surface area contributed by atoms with Gasteiger partial charge in [0.2, 0.25) is 11.8 Å². The van der Waals surface area contributed by atoms with Crippen LogP contribution in [0.25, 0.3) is 0 Å². The minimum Gasteiger partial charge on any atom is -0.345 e. The van der Waals surface area contributed by atoms with Gasteiger partial charge in [-0.2, -0.15) is 0 Å². The van der Waals surface area contributed by atoms with E-state index in [1.54, 1.807) is 0 Å². The van der Waals surface area contributed by atoms with Gasteiger partial charge in [0.1, 0.15) is 6.04 Å². The second-order valence-corrected chi connectivity index (χ2v) is 4.67. The summed E-state index contributed by atoms with van der Waals surface area (Å²) in [7, 11) is 0. The number of hydrogen-bond donors (Lipinski definition) is 1. The van der Waals surface area contributed by atoms with E-state index in [1.165, 1.54) is 0 Å². The number of piperazine rings is 1. The highest BCUT2D eigenvalue weighted by molar-refractivity contribution is 5.95. The van der Waals surface area contributed by atoms with E-state index in [4.69, 9.17) is 0 Å². The van der Waals surface area contributed by atoms with Crippen molar-refractivity contribution in [3.05, 3.63) is 0 Å². The van der Waals surface area contributed by atoms with Crippen LogP contribution in [0.2, 0.25) is 0 Å². The van der Waals surface area contributed by atoms with Crippen LogP contribution in [0.3, 0.4) is 0 Å². The fourth-order valence-corrected chi connectivity index (χ4v) is 2.60. The smallest absolute Gasteiger partial charge is 0.243 e. The van der Waals surface area contributed by atoms with Crippen LogP contribution in [0.1, 0.15) is 33.1 Å². The highest BCUT2D eigenvalue weighted by atomic mass is 16.2. The molecule has 15 heavy (non-hydrogen) atoms. The summed E-state index contributed by atoms with van der Waals surface area (Å²) in [6.07, 6.45) is 2.81. The molecule has 1 aliphatic carbocycles. The number of carbonyl (C=O) groups excluding carboxylic acids is 2. The molecule has 0 aromatic heterocycles. The highest BCUT2D eigenvalue weighted by Crippen LogP contribution is 2.33. The maximum absolute atomic E-state index is 11.8.